The number of hydrogen-bond acceptors (Lipinski definition) is 3. The SMILES string of the molecule is CN(C)CC1CCCN1C(CN)c1ccc(F)cc1. The van der Waals surface area contributed by atoms with Crippen LogP contribution in [-0.4, -0.2) is 49.6 Å². The van der Waals surface area contributed by atoms with Crippen molar-refractivity contribution in [3.8, 4) is 0 Å². The van der Waals surface area contributed by atoms with E-state index >= 15 is 0 Å². The fourth-order valence-electron chi connectivity index (χ4n) is 3.03. The standard InChI is InChI=1S/C15H24FN3/c1-18(2)11-14-4-3-9-19(14)15(10-17)12-5-7-13(16)8-6-12/h5-8,14-15H,3-4,9-11,17H2,1-2H3. The van der Waals surface area contributed by atoms with Crippen LogP contribution in [0.15, 0.2) is 24.3 Å². The van der Waals surface area contributed by atoms with E-state index in [-0.39, 0.29) is 11.9 Å². The molecule has 2 rings (SSSR count). The maximum atomic E-state index is 13.0. The van der Waals surface area contributed by atoms with E-state index in [2.05, 4.69) is 23.9 Å². The monoisotopic (exact) mass is 265 g/mol. The minimum absolute atomic E-state index is 0.189. The molecule has 0 spiro atoms. The van der Waals surface area contributed by atoms with Gasteiger partial charge in [0.2, 0.25) is 0 Å². The lowest BCUT2D eigenvalue weighted by Crippen LogP contribution is -2.42. The average molecular weight is 265 g/mol. The molecular weight excluding hydrogens is 241 g/mol. The van der Waals surface area contributed by atoms with Crippen LogP contribution in [0.1, 0.15) is 24.4 Å². The Morgan fingerprint density at radius 1 is 1.37 bits per heavy atom. The van der Waals surface area contributed by atoms with Crippen LogP contribution < -0.4 is 5.73 Å². The van der Waals surface area contributed by atoms with E-state index in [9.17, 15) is 4.39 Å². The van der Waals surface area contributed by atoms with Crippen LogP contribution in [-0.2, 0) is 0 Å². The fraction of sp³-hybridized carbons (Fsp3) is 0.600. The van der Waals surface area contributed by atoms with Gasteiger partial charge in [-0.05, 0) is 51.2 Å². The van der Waals surface area contributed by atoms with E-state index in [1.165, 1.54) is 25.0 Å². The topological polar surface area (TPSA) is 32.5 Å². The van der Waals surface area contributed by atoms with Crippen LogP contribution in [0.2, 0.25) is 0 Å². The van der Waals surface area contributed by atoms with Gasteiger partial charge in [0.15, 0.2) is 0 Å². The Hall–Kier alpha value is -0.970. The first-order valence-electron chi connectivity index (χ1n) is 6.98. The first-order chi connectivity index (χ1) is 9.11. The van der Waals surface area contributed by atoms with Crippen LogP contribution in [0.3, 0.4) is 0 Å². The summed E-state index contributed by atoms with van der Waals surface area (Å²) in [6.07, 6.45) is 2.44. The molecule has 0 bridgehead atoms. The Morgan fingerprint density at radius 3 is 2.63 bits per heavy atom. The molecule has 0 aromatic heterocycles. The zero-order chi connectivity index (χ0) is 13.8. The van der Waals surface area contributed by atoms with Gasteiger partial charge in [-0.25, -0.2) is 4.39 Å². The van der Waals surface area contributed by atoms with E-state index in [0.717, 1.165) is 18.7 Å². The van der Waals surface area contributed by atoms with E-state index in [0.29, 0.717) is 12.6 Å². The van der Waals surface area contributed by atoms with E-state index in [4.69, 9.17) is 5.73 Å². The summed E-state index contributed by atoms with van der Waals surface area (Å²) in [4.78, 5) is 4.70. The maximum Gasteiger partial charge on any atom is 0.123 e. The molecule has 1 fully saturated rings. The number of likely N-dealkylation sites (N-methyl/N-ethyl adjacent to an activating group) is 1. The van der Waals surface area contributed by atoms with Crippen LogP contribution in [0.4, 0.5) is 4.39 Å². The van der Waals surface area contributed by atoms with Crippen LogP contribution in [0.5, 0.6) is 0 Å². The highest BCUT2D eigenvalue weighted by Crippen LogP contribution is 2.29. The van der Waals surface area contributed by atoms with Crippen molar-refractivity contribution in [3.05, 3.63) is 35.6 Å². The number of likely N-dealkylation sites (tertiary alicyclic amines) is 1. The first kappa shape index (κ1) is 14.4. The zero-order valence-electron chi connectivity index (χ0n) is 11.8. The van der Waals surface area contributed by atoms with Gasteiger partial charge >= 0.3 is 0 Å². The number of halogens is 1. The van der Waals surface area contributed by atoms with Crippen LogP contribution in [0.25, 0.3) is 0 Å². The largest absolute Gasteiger partial charge is 0.329 e. The molecule has 1 aliphatic heterocycles. The van der Waals surface area contributed by atoms with Gasteiger partial charge in [-0.1, -0.05) is 12.1 Å². The van der Waals surface area contributed by atoms with Gasteiger partial charge < -0.3 is 10.6 Å². The van der Waals surface area contributed by atoms with Gasteiger partial charge in [0.05, 0.1) is 0 Å². The van der Waals surface area contributed by atoms with Crippen molar-refractivity contribution in [1.82, 2.24) is 9.80 Å². The van der Waals surface area contributed by atoms with Crippen molar-refractivity contribution in [3.63, 3.8) is 0 Å². The second kappa shape index (κ2) is 6.46. The van der Waals surface area contributed by atoms with Gasteiger partial charge in [-0.2, -0.15) is 0 Å². The molecule has 2 atom stereocenters. The number of nitrogens with two attached hydrogens (primary N) is 1. The predicted octanol–water partition coefficient (Wildman–Crippen LogP) is 1.85. The lowest BCUT2D eigenvalue weighted by molar-refractivity contribution is 0.156. The number of rotatable bonds is 5. The lowest BCUT2D eigenvalue weighted by atomic mass is 10.0. The third kappa shape index (κ3) is 3.53. The van der Waals surface area contributed by atoms with Crippen LogP contribution in [0, 0.1) is 5.82 Å². The number of nitrogens with zero attached hydrogens (tertiary/aromatic N) is 2. The Kier molecular flexibility index (Phi) is 4.91. The fourth-order valence-corrected chi connectivity index (χ4v) is 3.03. The molecule has 19 heavy (non-hydrogen) atoms. The summed E-state index contributed by atoms with van der Waals surface area (Å²) in [6.45, 7) is 2.71. The molecule has 1 aromatic carbocycles. The first-order valence-corrected chi connectivity index (χ1v) is 6.98. The van der Waals surface area contributed by atoms with Crippen molar-refractivity contribution in [2.75, 3.05) is 33.7 Å². The Bertz CT molecular complexity index is 391. The summed E-state index contributed by atoms with van der Waals surface area (Å²) in [5.74, 6) is -0.189. The summed E-state index contributed by atoms with van der Waals surface area (Å²) >= 11 is 0. The minimum atomic E-state index is -0.189. The zero-order valence-corrected chi connectivity index (χ0v) is 11.8. The summed E-state index contributed by atoms with van der Waals surface area (Å²) in [7, 11) is 4.21. The summed E-state index contributed by atoms with van der Waals surface area (Å²) in [6, 6.07) is 7.52. The molecule has 1 aromatic rings. The van der Waals surface area contributed by atoms with Crippen LogP contribution >= 0.6 is 0 Å². The van der Waals surface area contributed by atoms with Gasteiger partial charge in [0.25, 0.3) is 0 Å². The van der Waals surface area contributed by atoms with Crippen molar-refractivity contribution in [2.45, 2.75) is 24.9 Å². The molecule has 0 amide bonds. The summed E-state index contributed by atoms with van der Waals surface area (Å²) < 4.78 is 13.0. The number of hydrogen-bond donors (Lipinski definition) is 1. The molecular formula is C15H24FN3. The molecule has 106 valence electrons. The maximum absolute atomic E-state index is 13.0. The quantitative estimate of drug-likeness (QED) is 0.882. The molecule has 0 saturated carbocycles. The lowest BCUT2D eigenvalue weighted by Gasteiger charge is -2.34. The van der Waals surface area contributed by atoms with Crippen molar-refractivity contribution in [1.29, 1.82) is 0 Å². The van der Waals surface area contributed by atoms with E-state index < -0.39 is 0 Å². The third-order valence-electron chi connectivity index (χ3n) is 3.88. The second-order valence-electron chi connectivity index (χ2n) is 5.60. The molecule has 4 heteroatoms. The predicted molar refractivity (Wildman–Crippen MR) is 76.5 cm³/mol. The Labute approximate surface area is 115 Å². The third-order valence-corrected chi connectivity index (χ3v) is 3.88. The minimum Gasteiger partial charge on any atom is -0.329 e. The van der Waals surface area contributed by atoms with Crippen molar-refractivity contribution < 1.29 is 4.39 Å². The highest BCUT2D eigenvalue weighted by atomic mass is 19.1. The van der Waals surface area contributed by atoms with Gasteiger partial charge in [-0.15, -0.1) is 0 Å². The highest BCUT2D eigenvalue weighted by Gasteiger charge is 2.30. The van der Waals surface area contributed by atoms with Gasteiger partial charge in [-0.3, -0.25) is 4.90 Å². The van der Waals surface area contributed by atoms with E-state index in [1.807, 2.05) is 12.1 Å². The molecule has 2 unspecified atom stereocenters. The molecule has 1 saturated heterocycles. The average Bonchev–Trinajstić information content (AvgIpc) is 2.80. The normalized spacial score (nSPS) is 22.1. The van der Waals surface area contributed by atoms with Crippen molar-refractivity contribution >= 4 is 0 Å². The Balaban J connectivity index is 2.14. The molecule has 2 N–H and O–H groups in total. The van der Waals surface area contributed by atoms with E-state index in [1.54, 1.807) is 0 Å². The van der Waals surface area contributed by atoms with Crippen molar-refractivity contribution in [2.24, 2.45) is 5.73 Å². The molecule has 1 aliphatic rings. The molecule has 0 aliphatic carbocycles. The molecule has 3 nitrogen and oxygen atoms in total. The molecule has 1 heterocycles. The smallest absolute Gasteiger partial charge is 0.123 e. The van der Waals surface area contributed by atoms with Gasteiger partial charge in [0.1, 0.15) is 5.82 Å². The van der Waals surface area contributed by atoms with Gasteiger partial charge in [0, 0.05) is 25.2 Å². The molecule has 0 radical (unpaired) electrons. The summed E-state index contributed by atoms with van der Waals surface area (Å²) in [5, 5.41) is 0. The second-order valence-corrected chi connectivity index (χ2v) is 5.60. The summed E-state index contributed by atoms with van der Waals surface area (Å²) in [5.41, 5.74) is 7.09. The number of benzene rings is 1. The highest BCUT2D eigenvalue weighted by molar-refractivity contribution is 5.21. The Morgan fingerprint density at radius 2 is 2.05 bits per heavy atom.